The first-order valence-corrected chi connectivity index (χ1v) is 10.8. The van der Waals surface area contributed by atoms with Crippen LogP contribution in [0.15, 0.2) is 64.3 Å². The van der Waals surface area contributed by atoms with E-state index in [1.807, 2.05) is 0 Å². The van der Waals surface area contributed by atoms with E-state index in [0.717, 1.165) is 10.8 Å². The number of halogens is 1. The summed E-state index contributed by atoms with van der Waals surface area (Å²) in [4.78, 5) is 49.9. The first-order valence-electron chi connectivity index (χ1n) is 10.8. The van der Waals surface area contributed by atoms with Gasteiger partial charge in [-0.2, -0.15) is 4.39 Å². The van der Waals surface area contributed by atoms with Crippen molar-refractivity contribution in [2.45, 2.75) is 25.6 Å². The molecule has 1 aliphatic rings. The van der Waals surface area contributed by atoms with Crippen LogP contribution in [0.4, 0.5) is 15.8 Å². The van der Waals surface area contributed by atoms with Gasteiger partial charge in [0.05, 0.1) is 19.0 Å². The molecule has 3 aromatic rings. The number of rotatable bonds is 7. The number of nitrogens with one attached hydrogen (secondary N) is 2. The minimum absolute atomic E-state index is 0.327. The molecule has 0 saturated carbocycles. The van der Waals surface area contributed by atoms with Gasteiger partial charge in [0.1, 0.15) is 18.5 Å². The number of benzene rings is 2. The molecule has 11 heteroatoms. The molecule has 0 aliphatic carbocycles. The van der Waals surface area contributed by atoms with Gasteiger partial charge in [0.2, 0.25) is 11.7 Å². The minimum Gasteiger partial charge on any atom is -0.495 e. The first kappa shape index (κ1) is 23.9. The van der Waals surface area contributed by atoms with Gasteiger partial charge in [-0.1, -0.05) is 12.1 Å². The van der Waals surface area contributed by atoms with E-state index in [-0.39, 0.29) is 5.91 Å². The van der Waals surface area contributed by atoms with Crippen molar-refractivity contribution in [1.29, 1.82) is 0 Å². The van der Waals surface area contributed by atoms with Gasteiger partial charge in [0.25, 0.3) is 11.5 Å². The van der Waals surface area contributed by atoms with Crippen molar-refractivity contribution in [1.82, 2.24) is 9.13 Å². The van der Waals surface area contributed by atoms with E-state index in [4.69, 9.17) is 9.47 Å². The maximum atomic E-state index is 14.1. The topological polar surface area (TPSA) is 121 Å². The van der Waals surface area contributed by atoms with Crippen LogP contribution in [-0.2, 0) is 16.1 Å². The van der Waals surface area contributed by atoms with E-state index < -0.39 is 35.7 Å². The molecule has 1 aromatic heterocycles. The number of carbonyl (C=O) groups excluding carboxylic acids is 2. The minimum atomic E-state index is -1.19. The number of carbonyl (C=O) groups is 2. The fourth-order valence-corrected chi connectivity index (χ4v) is 3.70. The highest BCUT2D eigenvalue weighted by Crippen LogP contribution is 2.24. The third-order valence-electron chi connectivity index (χ3n) is 5.46. The van der Waals surface area contributed by atoms with E-state index in [1.165, 1.54) is 31.4 Å². The van der Waals surface area contributed by atoms with Crippen molar-refractivity contribution in [3.05, 3.63) is 86.9 Å². The van der Waals surface area contributed by atoms with E-state index >= 15 is 0 Å². The van der Waals surface area contributed by atoms with Gasteiger partial charge in [-0.25, -0.2) is 9.36 Å². The Hall–Kier alpha value is -4.25. The maximum Gasteiger partial charge on any atom is 0.333 e. The number of nitrogens with zero attached hydrogens (tertiary/aromatic N) is 2. The molecule has 182 valence electrons. The maximum absolute atomic E-state index is 14.1. The summed E-state index contributed by atoms with van der Waals surface area (Å²) < 4.78 is 26.3. The summed E-state index contributed by atoms with van der Waals surface area (Å²) in [6, 6.07) is 12.9. The van der Waals surface area contributed by atoms with Gasteiger partial charge >= 0.3 is 5.69 Å². The molecule has 10 nitrogen and oxygen atoms in total. The molecule has 1 unspecified atom stereocenters. The summed E-state index contributed by atoms with van der Waals surface area (Å²) in [6.45, 7) is -0.260. The molecule has 1 aliphatic heterocycles. The highest BCUT2D eigenvalue weighted by Gasteiger charge is 2.23. The number of anilines is 2. The van der Waals surface area contributed by atoms with Crippen LogP contribution in [0.1, 0.15) is 29.4 Å². The number of methoxy groups -OCH3 is 1. The lowest BCUT2D eigenvalue weighted by molar-refractivity contribution is -0.116. The zero-order valence-corrected chi connectivity index (χ0v) is 18.8. The molecule has 35 heavy (non-hydrogen) atoms. The molecule has 0 bridgehead atoms. The molecule has 1 saturated heterocycles. The molecule has 0 radical (unpaired) electrons. The lowest BCUT2D eigenvalue weighted by Gasteiger charge is -2.15. The molecule has 4 rings (SSSR count). The Morgan fingerprint density at radius 1 is 1.11 bits per heavy atom. The van der Waals surface area contributed by atoms with Crippen LogP contribution in [0.5, 0.6) is 5.75 Å². The van der Waals surface area contributed by atoms with Gasteiger partial charge in [-0.05, 0) is 49.2 Å². The fraction of sp³-hybridized carbons (Fsp3) is 0.250. The predicted molar refractivity (Wildman–Crippen MR) is 125 cm³/mol. The van der Waals surface area contributed by atoms with Crippen molar-refractivity contribution < 1.29 is 23.5 Å². The Kier molecular flexibility index (Phi) is 7.06. The van der Waals surface area contributed by atoms with Gasteiger partial charge in [0.15, 0.2) is 0 Å². The average Bonchev–Trinajstić information content (AvgIpc) is 3.39. The van der Waals surface area contributed by atoms with Crippen LogP contribution in [0.2, 0.25) is 0 Å². The normalized spacial score (nSPS) is 15.0. The second kappa shape index (κ2) is 10.3. The molecular weight excluding hydrogens is 459 g/mol. The second-order valence-electron chi connectivity index (χ2n) is 7.81. The first-order chi connectivity index (χ1) is 16.9. The molecule has 1 fully saturated rings. The number of hydrogen-bond acceptors (Lipinski definition) is 6. The number of aromatic nitrogens is 2. The zero-order valence-electron chi connectivity index (χ0n) is 18.8. The summed E-state index contributed by atoms with van der Waals surface area (Å²) in [7, 11) is 1.50. The molecular formula is C24H23FN4O6. The van der Waals surface area contributed by atoms with E-state index in [0.29, 0.717) is 46.7 Å². The van der Waals surface area contributed by atoms with Crippen LogP contribution < -0.4 is 26.6 Å². The third kappa shape index (κ3) is 5.30. The van der Waals surface area contributed by atoms with Crippen LogP contribution in [0.25, 0.3) is 0 Å². The molecule has 2 heterocycles. The Bertz CT molecular complexity index is 1360. The molecule has 2 aromatic carbocycles. The highest BCUT2D eigenvalue weighted by atomic mass is 19.1. The van der Waals surface area contributed by atoms with Gasteiger partial charge < -0.3 is 20.1 Å². The number of ether oxygens (including phenoxy) is 2. The average molecular weight is 482 g/mol. The molecule has 2 amide bonds. The smallest absolute Gasteiger partial charge is 0.333 e. The van der Waals surface area contributed by atoms with Gasteiger partial charge in [-0.15, -0.1) is 0 Å². The van der Waals surface area contributed by atoms with Crippen molar-refractivity contribution in [2.75, 3.05) is 24.4 Å². The Morgan fingerprint density at radius 2 is 1.86 bits per heavy atom. The molecule has 2 N–H and O–H groups in total. The molecule has 0 spiro atoms. The lowest BCUT2D eigenvalue weighted by atomic mass is 10.2. The van der Waals surface area contributed by atoms with Crippen LogP contribution in [-0.4, -0.2) is 34.7 Å². The summed E-state index contributed by atoms with van der Waals surface area (Å²) in [5, 5.41) is 5.28. The summed E-state index contributed by atoms with van der Waals surface area (Å²) in [5.41, 5.74) is -0.862. The van der Waals surface area contributed by atoms with Crippen LogP contribution in [0, 0.1) is 5.82 Å². The number of amides is 2. The van der Waals surface area contributed by atoms with E-state index in [2.05, 4.69) is 10.6 Å². The Labute approximate surface area is 198 Å². The Balaban J connectivity index is 1.44. The predicted octanol–water partition coefficient (Wildman–Crippen LogP) is 2.36. The van der Waals surface area contributed by atoms with Crippen molar-refractivity contribution >= 4 is 23.2 Å². The standard InChI is InChI=1S/C24H23FN4O6/c1-34-19-6-3-2-5-18(19)27-22(31)15-8-10-16(11-9-15)26-20(30)14-29-23(32)17(25)13-28(24(29)33)21-7-4-12-35-21/h2-3,5-6,8-11,13,21H,4,7,12,14H2,1H3,(H,26,30)(H,27,31). The number of para-hydroxylation sites is 2. The summed E-state index contributed by atoms with van der Waals surface area (Å²) >= 11 is 0. The van der Waals surface area contributed by atoms with Gasteiger partial charge in [-0.3, -0.25) is 19.0 Å². The number of hydrogen-bond donors (Lipinski definition) is 2. The second-order valence-corrected chi connectivity index (χ2v) is 7.81. The van der Waals surface area contributed by atoms with Crippen molar-refractivity contribution in [3.8, 4) is 5.75 Å². The van der Waals surface area contributed by atoms with Crippen LogP contribution in [0.3, 0.4) is 0 Å². The van der Waals surface area contributed by atoms with Crippen molar-refractivity contribution in [2.24, 2.45) is 0 Å². The Morgan fingerprint density at radius 3 is 2.54 bits per heavy atom. The largest absolute Gasteiger partial charge is 0.495 e. The summed E-state index contributed by atoms with van der Waals surface area (Å²) in [6.07, 6.45) is 1.33. The fourth-order valence-electron chi connectivity index (χ4n) is 3.70. The van der Waals surface area contributed by atoms with E-state index in [9.17, 15) is 23.6 Å². The van der Waals surface area contributed by atoms with Crippen LogP contribution >= 0.6 is 0 Å². The monoisotopic (exact) mass is 482 g/mol. The SMILES string of the molecule is COc1ccccc1NC(=O)c1ccc(NC(=O)Cn2c(=O)c(F)cn(C3CCCO3)c2=O)cc1. The summed E-state index contributed by atoms with van der Waals surface area (Å²) in [5.74, 6) is -1.73. The lowest BCUT2D eigenvalue weighted by Crippen LogP contribution is -2.44. The van der Waals surface area contributed by atoms with Gasteiger partial charge in [0, 0.05) is 17.9 Å². The highest BCUT2D eigenvalue weighted by molar-refractivity contribution is 6.05. The molecule has 1 atom stereocenters. The van der Waals surface area contributed by atoms with E-state index in [1.54, 1.807) is 24.3 Å². The zero-order chi connectivity index (χ0) is 24.9. The van der Waals surface area contributed by atoms with Crippen molar-refractivity contribution in [3.63, 3.8) is 0 Å². The third-order valence-corrected chi connectivity index (χ3v) is 5.46. The quantitative estimate of drug-likeness (QED) is 0.533.